The summed E-state index contributed by atoms with van der Waals surface area (Å²) in [5, 5.41) is 5.24. The molecule has 1 atom stereocenters. The Labute approximate surface area is 231 Å². The molecule has 0 bridgehead atoms. The van der Waals surface area contributed by atoms with Gasteiger partial charge in [0.1, 0.15) is 0 Å². The topological polar surface area (TPSA) is 140 Å². The quantitative estimate of drug-likeness (QED) is 0.397. The van der Waals surface area contributed by atoms with Crippen molar-refractivity contribution in [2.24, 2.45) is 0 Å². The molecule has 1 unspecified atom stereocenters. The van der Waals surface area contributed by atoms with Crippen LogP contribution in [-0.2, 0) is 35.6 Å². The number of fused-ring (bicyclic) bond motifs is 2. The van der Waals surface area contributed by atoms with Gasteiger partial charge in [-0.15, -0.1) is 0 Å². The first-order valence-electron chi connectivity index (χ1n) is 12.5. The normalized spacial score (nSPS) is 16.1. The van der Waals surface area contributed by atoms with Crippen molar-refractivity contribution in [3.8, 4) is 11.5 Å². The zero-order valence-electron chi connectivity index (χ0n) is 21.6. The first-order valence-corrected chi connectivity index (χ1v) is 14.0. The number of nitrogens with one attached hydrogen (secondary N) is 2. The molecule has 0 saturated carbocycles. The van der Waals surface area contributed by atoms with Gasteiger partial charge in [0.25, 0.3) is 5.91 Å². The molecule has 0 radical (unpaired) electrons. The fraction of sp³-hybridized carbons (Fsp3) is 0.250. The Morgan fingerprint density at radius 2 is 1.68 bits per heavy atom. The van der Waals surface area contributed by atoms with Crippen molar-refractivity contribution in [1.82, 2.24) is 4.31 Å². The van der Waals surface area contributed by atoms with E-state index in [2.05, 4.69) is 10.6 Å². The second-order valence-corrected chi connectivity index (χ2v) is 11.2. The van der Waals surface area contributed by atoms with Crippen molar-refractivity contribution in [1.29, 1.82) is 0 Å². The summed E-state index contributed by atoms with van der Waals surface area (Å²) >= 11 is 0. The number of anilines is 2. The van der Waals surface area contributed by atoms with Crippen LogP contribution in [0.2, 0.25) is 0 Å². The van der Waals surface area contributed by atoms with Gasteiger partial charge in [-0.25, -0.2) is 8.42 Å². The van der Waals surface area contributed by atoms with E-state index in [0.717, 1.165) is 5.56 Å². The number of benzene rings is 3. The van der Waals surface area contributed by atoms with Gasteiger partial charge in [-0.2, -0.15) is 4.31 Å². The first-order chi connectivity index (χ1) is 19.2. The van der Waals surface area contributed by atoms with Crippen molar-refractivity contribution in [3.05, 3.63) is 77.9 Å². The van der Waals surface area contributed by atoms with E-state index < -0.39 is 34.5 Å². The maximum Gasteiger partial charge on any atom is 0.308 e. The van der Waals surface area contributed by atoms with Crippen molar-refractivity contribution in [3.63, 3.8) is 0 Å². The molecule has 0 fully saturated rings. The van der Waals surface area contributed by atoms with E-state index in [4.69, 9.17) is 14.2 Å². The number of sulfonamides is 1. The molecular weight excluding hydrogens is 538 g/mol. The van der Waals surface area contributed by atoms with Gasteiger partial charge in [-0.1, -0.05) is 24.3 Å². The van der Waals surface area contributed by atoms with Crippen molar-refractivity contribution >= 4 is 39.2 Å². The highest BCUT2D eigenvalue weighted by molar-refractivity contribution is 7.89. The van der Waals surface area contributed by atoms with E-state index in [9.17, 15) is 22.8 Å². The summed E-state index contributed by atoms with van der Waals surface area (Å²) in [5.74, 6) is -0.479. The number of amides is 2. The molecule has 208 valence electrons. The van der Waals surface area contributed by atoms with Crippen LogP contribution in [0.3, 0.4) is 0 Å². The maximum atomic E-state index is 13.7. The molecule has 40 heavy (non-hydrogen) atoms. The molecule has 0 saturated heterocycles. The smallest absolute Gasteiger partial charge is 0.308 e. The number of carbonyl (C=O) groups excluding carboxylic acids is 3. The summed E-state index contributed by atoms with van der Waals surface area (Å²) in [5.41, 5.74) is 2.56. The Morgan fingerprint density at radius 1 is 0.950 bits per heavy atom. The molecule has 0 spiro atoms. The highest BCUT2D eigenvalue weighted by Crippen LogP contribution is 2.37. The van der Waals surface area contributed by atoms with Crippen LogP contribution in [0.4, 0.5) is 11.4 Å². The Kier molecular flexibility index (Phi) is 7.71. The zero-order chi connectivity index (χ0) is 28.3. The van der Waals surface area contributed by atoms with Gasteiger partial charge < -0.3 is 24.8 Å². The predicted octanol–water partition coefficient (Wildman–Crippen LogP) is 3.23. The molecule has 2 amide bonds. The van der Waals surface area contributed by atoms with Crippen LogP contribution in [0.1, 0.15) is 30.5 Å². The molecular formula is C28H27N3O8S. The zero-order valence-corrected chi connectivity index (χ0v) is 22.4. The minimum atomic E-state index is -4.01. The summed E-state index contributed by atoms with van der Waals surface area (Å²) < 4.78 is 44.4. The summed E-state index contributed by atoms with van der Waals surface area (Å²) in [6.07, 6.45) is 0.195. The molecule has 2 aliphatic rings. The van der Waals surface area contributed by atoms with E-state index in [-0.39, 0.29) is 30.6 Å². The lowest BCUT2D eigenvalue weighted by Crippen LogP contribution is -2.41. The average molecular weight is 566 g/mol. The number of nitrogens with zero attached hydrogens (tertiary/aromatic N) is 1. The van der Waals surface area contributed by atoms with Crippen LogP contribution in [0.15, 0.2) is 71.6 Å². The standard InChI is InChI=1S/C28H27N3O8S/c1-18(32)29-20-6-9-22(10-7-20)40(35,36)31-13-12-19-4-2-3-5-23(19)24(31)15-28(34)37-16-27(33)30-21-8-11-25-26(14-21)39-17-38-25/h2-11,14,24H,12-13,15-17H2,1H3,(H,29,32)(H,30,33). The molecule has 11 nitrogen and oxygen atoms in total. The number of esters is 1. The van der Waals surface area contributed by atoms with Gasteiger partial charge in [0, 0.05) is 30.9 Å². The lowest BCUT2D eigenvalue weighted by atomic mass is 9.92. The third-order valence-electron chi connectivity index (χ3n) is 6.53. The molecule has 0 aromatic heterocycles. The molecule has 2 heterocycles. The number of ether oxygens (including phenoxy) is 3. The maximum absolute atomic E-state index is 13.7. The summed E-state index contributed by atoms with van der Waals surface area (Å²) in [4.78, 5) is 36.7. The minimum Gasteiger partial charge on any atom is -0.456 e. The lowest BCUT2D eigenvalue weighted by Gasteiger charge is -2.36. The van der Waals surface area contributed by atoms with E-state index in [1.54, 1.807) is 30.3 Å². The Balaban J connectivity index is 1.28. The van der Waals surface area contributed by atoms with Gasteiger partial charge >= 0.3 is 5.97 Å². The Hall–Kier alpha value is -4.42. The molecule has 2 N–H and O–H groups in total. The third kappa shape index (κ3) is 5.92. The van der Waals surface area contributed by atoms with E-state index in [0.29, 0.717) is 34.9 Å². The fourth-order valence-electron chi connectivity index (χ4n) is 4.71. The van der Waals surface area contributed by atoms with Crippen LogP contribution in [0, 0.1) is 0 Å². The molecule has 3 aromatic carbocycles. The van der Waals surface area contributed by atoms with E-state index >= 15 is 0 Å². The number of hydrogen-bond donors (Lipinski definition) is 2. The monoisotopic (exact) mass is 565 g/mol. The SMILES string of the molecule is CC(=O)Nc1ccc(S(=O)(=O)N2CCc3ccccc3C2CC(=O)OCC(=O)Nc2ccc3c(c2)OCO3)cc1. The minimum absolute atomic E-state index is 0.0301. The molecule has 12 heteroatoms. The van der Waals surface area contributed by atoms with Gasteiger partial charge in [-0.05, 0) is 53.9 Å². The van der Waals surface area contributed by atoms with Crippen LogP contribution >= 0.6 is 0 Å². The lowest BCUT2D eigenvalue weighted by molar-refractivity contribution is -0.148. The van der Waals surface area contributed by atoms with Crippen LogP contribution in [0.5, 0.6) is 11.5 Å². The Bertz CT molecular complexity index is 1560. The van der Waals surface area contributed by atoms with Gasteiger partial charge in [0.2, 0.25) is 22.7 Å². The predicted molar refractivity (Wildman–Crippen MR) is 144 cm³/mol. The fourth-order valence-corrected chi connectivity index (χ4v) is 6.32. The average Bonchev–Trinajstić information content (AvgIpc) is 3.40. The van der Waals surface area contributed by atoms with E-state index in [1.165, 1.54) is 35.5 Å². The third-order valence-corrected chi connectivity index (χ3v) is 8.45. The van der Waals surface area contributed by atoms with Crippen molar-refractivity contribution < 1.29 is 37.0 Å². The molecule has 0 aliphatic carbocycles. The van der Waals surface area contributed by atoms with Gasteiger partial charge in [0.05, 0.1) is 17.4 Å². The summed E-state index contributed by atoms with van der Waals surface area (Å²) in [6, 6.07) is 17.3. The van der Waals surface area contributed by atoms with Crippen LogP contribution in [-0.4, -0.2) is 50.5 Å². The van der Waals surface area contributed by atoms with Gasteiger partial charge in [0.15, 0.2) is 18.1 Å². The first kappa shape index (κ1) is 27.2. The summed E-state index contributed by atoms with van der Waals surface area (Å²) in [6.45, 7) is 1.08. The highest BCUT2D eigenvalue weighted by Gasteiger charge is 2.38. The van der Waals surface area contributed by atoms with Gasteiger partial charge in [-0.3, -0.25) is 14.4 Å². The van der Waals surface area contributed by atoms with E-state index in [1.807, 2.05) is 12.1 Å². The second-order valence-electron chi connectivity index (χ2n) is 9.27. The Morgan fingerprint density at radius 3 is 2.45 bits per heavy atom. The largest absolute Gasteiger partial charge is 0.456 e. The number of carbonyl (C=O) groups is 3. The van der Waals surface area contributed by atoms with Crippen LogP contribution in [0.25, 0.3) is 0 Å². The molecule has 3 aromatic rings. The van der Waals surface area contributed by atoms with Crippen molar-refractivity contribution in [2.75, 3.05) is 30.6 Å². The van der Waals surface area contributed by atoms with Crippen LogP contribution < -0.4 is 20.1 Å². The highest BCUT2D eigenvalue weighted by atomic mass is 32.2. The molecule has 2 aliphatic heterocycles. The number of rotatable bonds is 8. The van der Waals surface area contributed by atoms with Crippen molar-refractivity contribution in [2.45, 2.75) is 30.7 Å². The summed E-state index contributed by atoms with van der Waals surface area (Å²) in [7, 11) is -4.01. The molecule has 5 rings (SSSR count). The second kappa shape index (κ2) is 11.4. The number of hydrogen-bond acceptors (Lipinski definition) is 8.